The third-order valence-electron chi connectivity index (χ3n) is 3.52. The van der Waals surface area contributed by atoms with Gasteiger partial charge in [0.2, 0.25) is 0 Å². The van der Waals surface area contributed by atoms with Crippen molar-refractivity contribution < 1.29 is 4.74 Å². The van der Waals surface area contributed by atoms with E-state index in [1.807, 2.05) is 24.3 Å². The van der Waals surface area contributed by atoms with Crippen LogP contribution in [-0.2, 0) is 0 Å². The number of hydrogen-bond acceptors (Lipinski definition) is 3. The molecule has 1 saturated heterocycles. The highest BCUT2D eigenvalue weighted by molar-refractivity contribution is 5.41. The molecule has 2 N–H and O–H groups in total. The molecule has 3 heteroatoms. The first kappa shape index (κ1) is 12.2. The van der Waals surface area contributed by atoms with Crippen LogP contribution in [0.15, 0.2) is 24.3 Å². The number of ether oxygens (including phenoxy) is 1. The molecular formula is C14H22N2O. The van der Waals surface area contributed by atoms with Crippen LogP contribution in [0.1, 0.15) is 25.7 Å². The van der Waals surface area contributed by atoms with E-state index in [-0.39, 0.29) is 0 Å². The lowest BCUT2D eigenvalue weighted by Gasteiger charge is -2.32. The maximum atomic E-state index is 5.73. The van der Waals surface area contributed by atoms with Gasteiger partial charge in [0.25, 0.3) is 0 Å². The maximum absolute atomic E-state index is 5.73. The molecule has 0 amide bonds. The van der Waals surface area contributed by atoms with Gasteiger partial charge < -0.3 is 15.4 Å². The van der Waals surface area contributed by atoms with Crippen molar-refractivity contribution in [2.24, 2.45) is 0 Å². The van der Waals surface area contributed by atoms with Crippen LogP contribution in [0.4, 0.5) is 5.69 Å². The molecule has 0 bridgehead atoms. The van der Waals surface area contributed by atoms with Crippen LogP contribution >= 0.6 is 0 Å². The Morgan fingerprint density at radius 1 is 1.29 bits per heavy atom. The number of nitrogens with two attached hydrogens (primary N) is 1. The molecule has 1 fully saturated rings. The Balaban J connectivity index is 1.73. The van der Waals surface area contributed by atoms with Gasteiger partial charge in [-0.25, -0.2) is 0 Å². The predicted octanol–water partition coefficient (Wildman–Crippen LogP) is 2.52. The zero-order valence-corrected chi connectivity index (χ0v) is 10.6. The van der Waals surface area contributed by atoms with Crippen molar-refractivity contribution in [3.05, 3.63) is 24.3 Å². The van der Waals surface area contributed by atoms with Crippen molar-refractivity contribution in [1.82, 2.24) is 4.90 Å². The summed E-state index contributed by atoms with van der Waals surface area (Å²) in [5.74, 6) is 0.915. The molecule has 17 heavy (non-hydrogen) atoms. The molecule has 1 aromatic rings. The lowest BCUT2D eigenvalue weighted by molar-refractivity contribution is 0.153. The monoisotopic (exact) mass is 234 g/mol. The van der Waals surface area contributed by atoms with Gasteiger partial charge in [0.15, 0.2) is 0 Å². The van der Waals surface area contributed by atoms with Crippen molar-refractivity contribution in [2.45, 2.75) is 31.7 Å². The quantitative estimate of drug-likeness (QED) is 0.814. The lowest BCUT2D eigenvalue weighted by Crippen LogP contribution is -2.37. The van der Waals surface area contributed by atoms with E-state index in [9.17, 15) is 0 Å². The largest absolute Gasteiger partial charge is 0.494 e. The molecule has 0 saturated carbocycles. The van der Waals surface area contributed by atoms with Crippen LogP contribution in [0, 0.1) is 0 Å². The summed E-state index contributed by atoms with van der Waals surface area (Å²) in [4.78, 5) is 2.45. The van der Waals surface area contributed by atoms with E-state index in [1.165, 1.54) is 25.8 Å². The zero-order chi connectivity index (χ0) is 12.1. The fraction of sp³-hybridized carbons (Fsp3) is 0.571. The van der Waals surface area contributed by atoms with E-state index in [0.29, 0.717) is 6.04 Å². The topological polar surface area (TPSA) is 38.5 Å². The molecule has 94 valence electrons. The molecule has 0 radical (unpaired) electrons. The van der Waals surface area contributed by atoms with Gasteiger partial charge in [0.05, 0.1) is 6.61 Å². The first-order valence-corrected chi connectivity index (χ1v) is 6.44. The second-order valence-corrected chi connectivity index (χ2v) is 4.84. The summed E-state index contributed by atoms with van der Waals surface area (Å²) in [6.07, 6.45) is 5.12. The lowest BCUT2D eigenvalue weighted by atomic mass is 10.0. The number of likely N-dealkylation sites (tertiary alicyclic amines) is 1. The van der Waals surface area contributed by atoms with Crippen molar-refractivity contribution in [1.29, 1.82) is 0 Å². The van der Waals surface area contributed by atoms with E-state index in [2.05, 4.69) is 11.9 Å². The van der Waals surface area contributed by atoms with E-state index < -0.39 is 0 Å². The van der Waals surface area contributed by atoms with Gasteiger partial charge >= 0.3 is 0 Å². The third kappa shape index (κ3) is 3.63. The van der Waals surface area contributed by atoms with Crippen LogP contribution in [0.3, 0.4) is 0 Å². The molecule has 0 spiro atoms. The van der Waals surface area contributed by atoms with Gasteiger partial charge in [0, 0.05) is 11.7 Å². The highest BCUT2D eigenvalue weighted by atomic mass is 16.5. The summed E-state index contributed by atoms with van der Waals surface area (Å²) in [6.45, 7) is 2.02. The minimum absolute atomic E-state index is 0.692. The van der Waals surface area contributed by atoms with E-state index >= 15 is 0 Å². The third-order valence-corrected chi connectivity index (χ3v) is 3.52. The van der Waals surface area contributed by atoms with E-state index in [0.717, 1.165) is 24.5 Å². The molecule has 1 aliphatic rings. The minimum atomic E-state index is 0.692. The average molecular weight is 234 g/mol. The van der Waals surface area contributed by atoms with Gasteiger partial charge in [-0.05, 0) is 57.1 Å². The smallest absolute Gasteiger partial charge is 0.119 e. The van der Waals surface area contributed by atoms with Crippen molar-refractivity contribution in [3.8, 4) is 5.75 Å². The van der Waals surface area contributed by atoms with Crippen LogP contribution in [0.25, 0.3) is 0 Å². The molecule has 0 aliphatic carbocycles. The predicted molar refractivity (Wildman–Crippen MR) is 71.2 cm³/mol. The molecule has 1 heterocycles. The minimum Gasteiger partial charge on any atom is -0.494 e. The van der Waals surface area contributed by atoms with Crippen LogP contribution in [0.2, 0.25) is 0 Å². The van der Waals surface area contributed by atoms with Gasteiger partial charge in [0.1, 0.15) is 5.75 Å². The first-order valence-electron chi connectivity index (χ1n) is 6.44. The van der Waals surface area contributed by atoms with Crippen molar-refractivity contribution >= 4 is 5.69 Å². The van der Waals surface area contributed by atoms with Crippen molar-refractivity contribution in [3.63, 3.8) is 0 Å². The highest BCUT2D eigenvalue weighted by Crippen LogP contribution is 2.19. The molecular weight excluding hydrogens is 212 g/mol. The van der Waals surface area contributed by atoms with Crippen LogP contribution in [0.5, 0.6) is 5.75 Å². The fourth-order valence-electron chi connectivity index (χ4n) is 2.39. The Morgan fingerprint density at radius 3 is 2.76 bits per heavy atom. The van der Waals surface area contributed by atoms with E-state index in [1.54, 1.807) is 0 Å². The molecule has 1 aromatic carbocycles. The van der Waals surface area contributed by atoms with E-state index in [4.69, 9.17) is 10.5 Å². The summed E-state index contributed by atoms with van der Waals surface area (Å²) in [7, 11) is 2.22. The molecule has 0 aromatic heterocycles. The summed E-state index contributed by atoms with van der Waals surface area (Å²) >= 11 is 0. The second-order valence-electron chi connectivity index (χ2n) is 4.84. The van der Waals surface area contributed by atoms with Crippen molar-refractivity contribution in [2.75, 3.05) is 25.9 Å². The Labute approximate surface area is 104 Å². The maximum Gasteiger partial charge on any atom is 0.119 e. The van der Waals surface area contributed by atoms with Gasteiger partial charge in [-0.15, -0.1) is 0 Å². The number of anilines is 1. The number of hydrogen-bond donors (Lipinski definition) is 1. The number of piperidine rings is 1. The second kappa shape index (κ2) is 5.92. The molecule has 3 nitrogen and oxygen atoms in total. The van der Waals surface area contributed by atoms with Gasteiger partial charge in [-0.1, -0.05) is 6.42 Å². The molecule has 2 rings (SSSR count). The highest BCUT2D eigenvalue weighted by Gasteiger charge is 2.18. The summed E-state index contributed by atoms with van der Waals surface area (Å²) in [5, 5.41) is 0. The molecule has 1 atom stereocenters. The number of benzene rings is 1. The van der Waals surface area contributed by atoms with Crippen LogP contribution in [-0.4, -0.2) is 31.1 Å². The van der Waals surface area contributed by atoms with Gasteiger partial charge in [-0.3, -0.25) is 0 Å². The number of nitrogens with zero attached hydrogens (tertiary/aromatic N) is 1. The van der Waals surface area contributed by atoms with Crippen LogP contribution < -0.4 is 10.5 Å². The summed E-state index contributed by atoms with van der Waals surface area (Å²) < 4.78 is 5.73. The molecule has 1 aliphatic heterocycles. The average Bonchev–Trinajstić information content (AvgIpc) is 2.34. The molecule has 0 unspecified atom stereocenters. The normalized spacial score (nSPS) is 21.4. The number of nitrogen functional groups attached to an aromatic ring is 1. The Morgan fingerprint density at radius 2 is 2.06 bits per heavy atom. The Kier molecular flexibility index (Phi) is 4.26. The SMILES string of the molecule is CN1CCCC[C@H]1CCOc1ccc(N)cc1. The Hall–Kier alpha value is -1.22. The zero-order valence-electron chi connectivity index (χ0n) is 10.6. The Bertz CT molecular complexity index is 337. The van der Waals surface area contributed by atoms with Gasteiger partial charge in [-0.2, -0.15) is 0 Å². The first-order chi connectivity index (χ1) is 8.25. The summed E-state index contributed by atoms with van der Waals surface area (Å²) in [6, 6.07) is 8.31. The summed E-state index contributed by atoms with van der Waals surface area (Å²) in [5.41, 5.74) is 6.41. The fourth-order valence-corrected chi connectivity index (χ4v) is 2.39. The standard InChI is InChI=1S/C14H22N2O/c1-16-10-3-2-4-13(16)9-11-17-14-7-5-12(15)6-8-14/h5-8,13H,2-4,9-11,15H2,1H3/t13-/m0/s1. The number of rotatable bonds is 4.